The second-order valence-corrected chi connectivity index (χ2v) is 8.29. The number of nitrogen functional groups attached to an aromatic ring is 1. The Labute approximate surface area is 161 Å². The van der Waals surface area contributed by atoms with Gasteiger partial charge in [-0.15, -0.1) is 0 Å². The van der Waals surface area contributed by atoms with Crippen LogP contribution in [0.3, 0.4) is 0 Å². The summed E-state index contributed by atoms with van der Waals surface area (Å²) >= 11 is 0. The highest BCUT2D eigenvalue weighted by atomic mass is 32.2. The van der Waals surface area contributed by atoms with Gasteiger partial charge in [0.1, 0.15) is 23.7 Å². The maximum absolute atomic E-state index is 11.8. The highest BCUT2D eigenvalue weighted by molar-refractivity contribution is 7.90. The molecule has 4 aromatic rings. The molecule has 7 nitrogen and oxygen atoms in total. The largest absolute Gasteiger partial charge is 0.497 e. The molecule has 0 bridgehead atoms. The van der Waals surface area contributed by atoms with Gasteiger partial charge in [-0.1, -0.05) is 12.1 Å². The van der Waals surface area contributed by atoms with Crippen molar-refractivity contribution in [2.24, 2.45) is 0 Å². The molecule has 0 radical (unpaired) electrons. The zero-order chi connectivity index (χ0) is 19.9. The first-order valence-corrected chi connectivity index (χ1v) is 10.3. The van der Waals surface area contributed by atoms with Crippen LogP contribution in [-0.2, 0) is 9.84 Å². The number of aromatic nitrogens is 2. The Kier molecular flexibility index (Phi) is 4.27. The van der Waals surface area contributed by atoms with E-state index in [0.29, 0.717) is 22.4 Å². The van der Waals surface area contributed by atoms with Gasteiger partial charge in [0.15, 0.2) is 9.84 Å². The number of hydrogen-bond acceptors (Lipinski definition) is 7. The molecule has 142 valence electrons. The van der Waals surface area contributed by atoms with Gasteiger partial charge >= 0.3 is 0 Å². The summed E-state index contributed by atoms with van der Waals surface area (Å²) in [5.74, 6) is 1.57. The van der Waals surface area contributed by atoms with Crippen molar-refractivity contribution in [2.45, 2.75) is 4.90 Å². The standard InChI is InChI=1S/C20H17N3O4S/c1-26-14-7-3-13(4-8-14)18-16(17-19(21)22-11-23-20(17)27-18)12-5-9-15(10-6-12)28(2,24)25/h3-11H,1-2H3,(H2,21,22,23). The molecular formula is C20H17N3O4S. The van der Waals surface area contributed by atoms with Crippen LogP contribution in [-0.4, -0.2) is 31.8 Å². The van der Waals surface area contributed by atoms with E-state index in [2.05, 4.69) is 9.97 Å². The van der Waals surface area contributed by atoms with Gasteiger partial charge in [0.2, 0.25) is 5.71 Å². The molecule has 0 spiro atoms. The van der Waals surface area contributed by atoms with E-state index in [-0.39, 0.29) is 10.7 Å². The second-order valence-electron chi connectivity index (χ2n) is 6.27. The molecule has 4 rings (SSSR count). The summed E-state index contributed by atoms with van der Waals surface area (Å²) in [7, 11) is -1.70. The molecule has 8 heteroatoms. The van der Waals surface area contributed by atoms with Crippen LogP contribution >= 0.6 is 0 Å². The number of fused-ring (bicyclic) bond motifs is 1. The first-order valence-electron chi connectivity index (χ1n) is 8.36. The lowest BCUT2D eigenvalue weighted by Gasteiger charge is -2.07. The fraction of sp³-hybridized carbons (Fsp3) is 0.100. The highest BCUT2D eigenvalue weighted by Crippen LogP contribution is 2.42. The molecule has 0 saturated heterocycles. The number of hydrogen-bond donors (Lipinski definition) is 1. The number of anilines is 1. The Balaban J connectivity index is 1.97. The monoisotopic (exact) mass is 395 g/mol. The van der Waals surface area contributed by atoms with Crippen LogP contribution < -0.4 is 10.5 Å². The lowest BCUT2D eigenvalue weighted by atomic mass is 9.99. The van der Waals surface area contributed by atoms with E-state index in [1.807, 2.05) is 24.3 Å². The fourth-order valence-electron chi connectivity index (χ4n) is 3.05. The molecule has 0 aliphatic rings. The molecule has 2 heterocycles. The first kappa shape index (κ1) is 18.0. The van der Waals surface area contributed by atoms with Crippen molar-refractivity contribution in [1.29, 1.82) is 0 Å². The van der Waals surface area contributed by atoms with E-state index in [0.717, 1.165) is 16.9 Å². The summed E-state index contributed by atoms with van der Waals surface area (Å²) in [5, 5.41) is 0.584. The second kappa shape index (κ2) is 6.65. The first-order chi connectivity index (χ1) is 13.4. The number of benzene rings is 2. The number of sulfone groups is 1. The Morgan fingerprint density at radius 3 is 2.21 bits per heavy atom. The van der Waals surface area contributed by atoms with Gasteiger partial charge in [-0.2, -0.15) is 0 Å². The van der Waals surface area contributed by atoms with Crippen LogP contribution in [0.25, 0.3) is 33.6 Å². The quantitative estimate of drug-likeness (QED) is 0.563. The van der Waals surface area contributed by atoms with Gasteiger partial charge in [0.05, 0.1) is 17.4 Å². The van der Waals surface area contributed by atoms with Crippen molar-refractivity contribution in [3.05, 3.63) is 54.9 Å². The molecule has 2 aromatic heterocycles. The zero-order valence-corrected chi connectivity index (χ0v) is 16.0. The Hall–Kier alpha value is -3.39. The third-order valence-corrected chi connectivity index (χ3v) is 5.57. The molecule has 0 amide bonds. The smallest absolute Gasteiger partial charge is 0.232 e. The van der Waals surface area contributed by atoms with E-state index in [9.17, 15) is 8.42 Å². The number of nitrogens with two attached hydrogens (primary N) is 1. The summed E-state index contributed by atoms with van der Waals surface area (Å²) in [6, 6.07) is 14.0. The maximum atomic E-state index is 11.8. The van der Waals surface area contributed by atoms with E-state index in [1.54, 1.807) is 31.4 Å². The summed E-state index contributed by atoms with van der Waals surface area (Å²) in [6.45, 7) is 0. The van der Waals surface area contributed by atoms with Crippen molar-refractivity contribution in [3.8, 4) is 28.2 Å². The highest BCUT2D eigenvalue weighted by Gasteiger charge is 2.21. The number of nitrogens with zero attached hydrogens (tertiary/aromatic N) is 2. The van der Waals surface area contributed by atoms with Crippen LogP contribution in [0.2, 0.25) is 0 Å². The molecule has 28 heavy (non-hydrogen) atoms. The normalized spacial score (nSPS) is 11.6. The van der Waals surface area contributed by atoms with Crippen molar-refractivity contribution >= 4 is 26.8 Å². The Morgan fingerprint density at radius 2 is 1.61 bits per heavy atom. The lowest BCUT2D eigenvalue weighted by Crippen LogP contribution is -1.96. The molecule has 0 fully saturated rings. The van der Waals surface area contributed by atoms with Gasteiger partial charge in [-0.3, -0.25) is 0 Å². The third-order valence-electron chi connectivity index (χ3n) is 4.44. The van der Waals surface area contributed by atoms with Gasteiger partial charge in [-0.25, -0.2) is 18.4 Å². The average molecular weight is 395 g/mol. The number of rotatable bonds is 4. The average Bonchev–Trinajstić information content (AvgIpc) is 3.08. The molecule has 0 unspecified atom stereocenters. The van der Waals surface area contributed by atoms with Gasteiger partial charge in [0, 0.05) is 17.4 Å². The third kappa shape index (κ3) is 3.07. The molecular weight excluding hydrogens is 378 g/mol. The van der Waals surface area contributed by atoms with Crippen LogP contribution in [0.1, 0.15) is 0 Å². The SMILES string of the molecule is COc1ccc(-c2oc3ncnc(N)c3c2-c2ccc(S(C)(=O)=O)cc2)cc1. The van der Waals surface area contributed by atoms with Crippen LogP contribution in [0.15, 0.2) is 64.2 Å². The van der Waals surface area contributed by atoms with Crippen LogP contribution in [0, 0.1) is 0 Å². The minimum Gasteiger partial charge on any atom is -0.497 e. The van der Waals surface area contributed by atoms with Crippen molar-refractivity contribution in [3.63, 3.8) is 0 Å². The molecule has 0 aliphatic heterocycles. The molecule has 0 atom stereocenters. The predicted octanol–water partition coefficient (Wildman–Crippen LogP) is 3.55. The Bertz CT molecular complexity index is 1260. The predicted molar refractivity (Wildman–Crippen MR) is 107 cm³/mol. The molecule has 0 saturated carbocycles. The summed E-state index contributed by atoms with van der Waals surface area (Å²) < 4.78 is 34.8. The maximum Gasteiger partial charge on any atom is 0.232 e. The van der Waals surface area contributed by atoms with E-state index < -0.39 is 9.84 Å². The van der Waals surface area contributed by atoms with Gasteiger partial charge < -0.3 is 14.9 Å². The minimum absolute atomic E-state index is 0.235. The van der Waals surface area contributed by atoms with E-state index >= 15 is 0 Å². The fourth-order valence-corrected chi connectivity index (χ4v) is 3.68. The summed E-state index contributed by atoms with van der Waals surface area (Å²) in [6.07, 6.45) is 2.51. The number of methoxy groups -OCH3 is 1. The minimum atomic E-state index is -3.30. The van der Waals surface area contributed by atoms with E-state index in [4.69, 9.17) is 14.9 Å². The lowest BCUT2D eigenvalue weighted by molar-refractivity contribution is 0.415. The topological polar surface area (TPSA) is 108 Å². The molecule has 2 N–H and O–H groups in total. The van der Waals surface area contributed by atoms with Gasteiger partial charge in [0.25, 0.3) is 0 Å². The summed E-state index contributed by atoms with van der Waals surface area (Å²) in [4.78, 5) is 8.50. The van der Waals surface area contributed by atoms with Crippen molar-refractivity contribution in [1.82, 2.24) is 9.97 Å². The van der Waals surface area contributed by atoms with Crippen LogP contribution in [0.5, 0.6) is 5.75 Å². The summed E-state index contributed by atoms with van der Waals surface area (Å²) in [5.41, 5.74) is 8.73. The number of furan rings is 1. The number of ether oxygens (including phenoxy) is 1. The van der Waals surface area contributed by atoms with E-state index in [1.165, 1.54) is 12.6 Å². The van der Waals surface area contributed by atoms with Crippen LogP contribution in [0.4, 0.5) is 5.82 Å². The Morgan fingerprint density at radius 1 is 0.964 bits per heavy atom. The molecule has 0 aliphatic carbocycles. The molecule has 2 aromatic carbocycles. The zero-order valence-electron chi connectivity index (χ0n) is 15.2. The van der Waals surface area contributed by atoms with Gasteiger partial charge in [-0.05, 0) is 42.0 Å². The van der Waals surface area contributed by atoms with Crippen molar-refractivity contribution < 1.29 is 17.6 Å². The van der Waals surface area contributed by atoms with Crippen molar-refractivity contribution in [2.75, 3.05) is 19.1 Å².